The zero-order valence-electron chi connectivity index (χ0n) is 9.87. The topological polar surface area (TPSA) is 88.0 Å². The van der Waals surface area contributed by atoms with E-state index in [4.69, 9.17) is 5.11 Å². The largest absolute Gasteiger partial charge is 0.384 e. The molecule has 0 saturated heterocycles. The number of carbonyl (C=O) groups excluding carboxylic acids is 1. The first-order chi connectivity index (χ1) is 9.29. The van der Waals surface area contributed by atoms with Gasteiger partial charge in [-0.05, 0) is 6.07 Å². The molecular weight excluding hydrogens is 244 g/mol. The summed E-state index contributed by atoms with van der Waals surface area (Å²) in [7, 11) is 0. The number of hydrogen-bond donors (Lipinski definition) is 2. The summed E-state index contributed by atoms with van der Waals surface area (Å²) < 4.78 is 0. The first kappa shape index (κ1) is 12.7. The monoisotopic (exact) mass is 254 g/mol. The number of nitrogens with one attached hydrogen (secondary N) is 1. The lowest BCUT2D eigenvalue weighted by molar-refractivity contribution is 0.102. The van der Waals surface area contributed by atoms with Gasteiger partial charge in [0, 0.05) is 30.4 Å². The van der Waals surface area contributed by atoms with Gasteiger partial charge in [-0.3, -0.25) is 14.8 Å². The minimum Gasteiger partial charge on any atom is -0.384 e. The Morgan fingerprint density at radius 2 is 2.16 bits per heavy atom. The van der Waals surface area contributed by atoms with Crippen LogP contribution in [0.25, 0.3) is 0 Å². The molecule has 2 rings (SSSR count). The summed E-state index contributed by atoms with van der Waals surface area (Å²) in [6.45, 7) is -0.240. The number of anilines is 1. The molecule has 2 aromatic heterocycles. The third-order valence-corrected chi connectivity index (χ3v) is 2.12. The van der Waals surface area contributed by atoms with Crippen LogP contribution in [0, 0.1) is 11.8 Å². The van der Waals surface area contributed by atoms with E-state index in [0.29, 0.717) is 16.9 Å². The minimum absolute atomic E-state index is 0.240. The molecule has 0 saturated carbocycles. The number of aliphatic hydroxyl groups excluding tert-OH is 1. The van der Waals surface area contributed by atoms with Crippen LogP contribution in [0.3, 0.4) is 0 Å². The van der Waals surface area contributed by atoms with Crippen molar-refractivity contribution in [3.63, 3.8) is 0 Å². The van der Waals surface area contributed by atoms with Crippen LogP contribution in [-0.2, 0) is 0 Å². The molecule has 2 N–H and O–H groups in total. The molecule has 0 spiro atoms. The fraction of sp³-hybridized carbons (Fsp3) is 0.0769. The molecule has 0 aliphatic rings. The molecule has 0 aromatic carbocycles. The molecule has 1 amide bonds. The Labute approximate surface area is 109 Å². The van der Waals surface area contributed by atoms with Crippen molar-refractivity contribution in [1.82, 2.24) is 15.0 Å². The first-order valence-corrected chi connectivity index (χ1v) is 5.42. The van der Waals surface area contributed by atoms with Crippen LogP contribution in [0.1, 0.15) is 15.9 Å². The average Bonchev–Trinajstić information content (AvgIpc) is 2.46. The first-order valence-electron chi connectivity index (χ1n) is 5.42. The fourth-order valence-corrected chi connectivity index (χ4v) is 1.33. The lowest BCUT2D eigenvalue weighted by Crippen LogP contribution is -2.13. The van der Waals surface area contributed by atoms with Gasteiger partial charge in [0.15, 0.2) is 5.82 Å². The summed E-state index contributed by atoms with van der Waals surface area (Å²) in [6.07, 6.45) is 7.39. The molecule has 0 atom stereocenters. The second kappa shape index (κ2) is 6.23. The van der Waals surface area contributed by atoms with Crippen molar-refractivity contribution < 1.29 is 9.90 Å². The van der Waals surface area contributed by atoms with E-state index in [0.717, 1.165) is 0 Å². The molecule has 19 heavy (non-hydrogen) atoms. The maximum Gasteiger partial charge on any atom is 0.258 e. The van der Waals surface area contributed by atoms with Gasteiger partial charge in [0.05, 0.1) is 11.8 Å². The van der Waals surface area contributed by atoms with Gasteiger partial charge >= 0.3 is 0 Å². The van der Waals surface area contributed by atoms with Gasteiger partial charge in [0.1, 0.15) is 6.61 Å². The highest BCUT2D eigenvalue weighted by Crippen LogP contribution is 2.05. The Balaban J connectivity index is 2.15. The second-order valence-electron chi connectivity index (χ2n) is 3.47. The molecule has 0 aliphatic heterocycles. The van der Waals surface area contributed by atoms with Gasteiger partial charge in [-0.2, -0.15) is 0 Å². The number of rotatable bonds is 2. The number of hydrogen-bond acceptors (Lipinski definition) is 5. The highest BCUT2D eigenvalue weighted by Gasteiger charge is 2.07. The third-order valence-electron chi connectivity index (χ3n) is 2.12. The Kier molecular flexibility index (Phi) is 4.16. The predicted octanol–water partition coefficient (Wildman–Crippen LogP) is 0.468. The maximum atomic E-state index is 11.9. The van der Waals surface area contributed by atoms with Crippen LogP contribution in [0.15, 0.2) is 37.1 Å². The van der Waals surface area contributed by atoms with Crippen LogP contribution in [-0.4, -0.2) is 32.6 Å². The van der Waals surface area contributed by atoms with Crippen molar-refractivity contribution in [3.8, 4) is 11.8 Å². The van der Waals surface area contributed by atoms with Crippen LogP contribution in [0.5, 0.6) is 0 Å². The maximum absolute atomic E-state index is 11.9. The molecule has 0 unspecified atom stereocenters. The number of aromatic nitrogens is 3. The van der Waals surface area contributed by atoms with Crippen molar-refractivity contribution in [2.75, 3.05) is 11.9 Å². The van der Waals surface area contributed by atoms with Gasteiger partial charge < -0.3 is 10.4 Å². The van der Waals surface area contributed by atoms with Gasteiger partial charge in [-0.15, -0.1) is 0 Å². The van der Waals surface area contributed by atoms with Crippen LogP contribution < -0.4 is 5.32 Å². The lowest BCUT2D eigenvalue weighted by Gasteiger charge is -2.03. The Bertz CT molecular complexity index is 632. The summed E-state index contributed by atoms with van der Waals surface area (Å²) >= 11 is 0. The van der Waals surface area contributed by atoms with Gasteiger partial charge in [-0.25, -0.2) is 4.98 Å². The Morgan fingerprint density at radius 3 is 2.89 bits per heavy atom. The van der Waals surface area contributed by atoms with Crippen LogP contribution in [0.4, 0.5) is 5.82 Å². The summed E-state index contributed by atoms with van der Waals surface area (Å²) in [5.41, 5.74) is 0.913. The van der Waals surface area contributed by atoms with Crippen molar-refractivity contribution in [2.24, 2.45) is 0 Å². The van der Waals surface area contributed by atoms with Crippen molar-refractivity contribution in [3.05, 3.63) is 48.2 Å². The van der Waals surface area contributed by atoms with Gasteiger partial charge in [0.2, 0.25) is 0 Å². The highest BCUT2D eigenvalue weighted by atomic mass is 16.2. The van der Waals surface area contributed by atoms with Crippen LogP contribution >= 0.6 is 0 Å². The number of aliphatic hydroxyl groups is 1. The zero-order valence-corrected chi connectivity index (χ0v) is 9.87. The zero-order chi connectivity index (χ0) is 13.5. The van der Waals surface area contributed by atoms with E-state index < -0.39 is 0 Å². The molecule has 6 nitrogen and oxygen atoms in total. The molecule has 2 aromatic rings. The third kappa shape index (κ3) is 3.59. The van der Waals surface area contributed by atoms with E-state index in [2.05, 4.69) is 32.1 Å². The number of carbonyl (C=O) groups is 1. The van der Waals surface area contributed by atoms with Crippen molar-refractivity contribution >= 4 is 11.7 Å². The number of pyridine rings is 1. The van der Waals surface area contributed by atoms with Gasteiger partial charge in [-0.1, -0.05) is 11.8 Å². The highest BCUT2D eigenvalue weighted by molar-refractivity contribution is 6.03. The molecule has 0 radical (unpaired) electrons. The summed E-state index contributed by atoms with van der Waals surface area (Å²) in [5, 5.41) is 11.2. The molecule has 0 bridgehead atoms. The molecule has 0 fully saturated rings. The second-order valence-corrected chi connectivity index (χ2v) is 3.47. The Hall–Kier alpha value is -2.78. The summed E-state index contributed by atoms with van der Waals surface area (Å²) in [4.78, 5) is 23.6. The van der Waals surface area contributed by atoms with E-state index >= 15 is 0 Å². The SMILES string of the molecule is O=C(Nc1cnccn1)c1cncc(C#CCO)c1. The van der Waals surface area contributed by atoms with E-state index in [1.54, 1.807) is 6.07 Å². The minimum atomic E-state index is -0.347. The number of nitrogens with zero attached hydrogens (tertiary/aromatic N) is 3. The molecule has 0 aliphatic carbocycles. The summed E-state index contributed by atoms with van der Waals surface area (Å²) in [5.74, 6) is 5.19. The quantitative estimate of drug-likeness (QED) is 0.760. The van der Waals surface area contributed by atoms with E-state index in [9.17, 15) is 4.79 Å². The summed E-state index contributed by atoms with van der Waals surface area (Å²) in [6, 6.07) is 1.58. The standard InChI is InChI=1S/C13H10N4O2/c18-5-1-2-10-6-11(8-15-7-10)13(19)17-12-9-14-3-4-16-12/h3-4,6-9,18H,5H2,(H,16,17,19). The fourth-order valence-electron chi connectivity index (χ4n) is 1.33. The molecule has 94 valence electrons. The van der Waals surface area contributed by atoms with E-state index in [1.807, 2.05) is 0 Å². The van der Waals surface area contributed by atoms with E-state index in [1.165, 1.54) is 31.0 Å². The Morgan fingerprint density at radius 1 is 1.26 bits per heavy atom. The molecular formula is C13H10N4O2. The lowest BCUT2D eigenvalue weighted by atomic mass is 10.2. The van der Waals surface area contributed by atoms with Crippen LogP contribution in [0.2, 0.25) is 0 Å². The van der Waals surface area contributed by atoms with E-state index in [-0.39, 0.29) is 12.5 Å². The predicted molar refractivity (Wildman–Crippen MR) is 68.2 cm³/mol. The number of amides is 1. The molecule has 6 heteroatoms. The normalized spacial score (nSPS) is 9.32. The van der Waals surface area contributed by atoms with Crippen molar-refractivity contribution in [1.29, 1.82) is 0 Å². The molecule has 2 heterocycles. The average molecular weight is 254 g/mol. The smallest absolute Gasteiger partial charge is 0.258 e. The van der Waals surface area contributed by atoms with Crippen molar-refractivity contribution in [2.45, 2.75) is 0 Å². The van der Waals surface area contributed by atoms with Gasteiger partial charge in [0.25, 0.3) is 5.91 Å².